The molecule has 2 heterocycles. The van der Waals surface area contributed by atoms with Gasteiger partial charge in [0.2, 0.25) is 11.8 Å². The minimum atomic E-state index is -4.26. The van der Waals surface area contributed by atoms with E-state index < -0.39 is 22.0 Å². The number of para-hydroxylation sites is 1. The quantitative estimate of drug-likeness (QED) is 0.0712. The monoisotopic (exact) mass is 761 g/mol. The predicted molar refractivity (Wildman–Crippen MR) is 221 cm³/mol. The number of benzene rings is 4. The standard InChI is InChI=1S/C43H51N7O4S/c1-48(2)29-32-15-13-31(14-16-32)28-45-41(44)34-19-17-30(18-20-34)25-38(43(52)49-23-7-8-24-49)42(51)46-40-27-36-11-5-6-12-39(36)50(40)55(53,54)47-37-22-21-33-9-3-4-10-35(33)26-37/h3-6,9-12,17-22,26-27,31-32,38,47H,7-8,13-16,23-25,28-29H2,1-2H3,(H2,44,45)(H,46,51). The summed E-state index contributed by atoms with van der Waals surface area (Å²) in [6.07, 6.45) is 6.65. The van der Waals surface area contributed by atoms with E-state index in [0.717, 1.165) is 64.0 Å². The SMILES string of the molecule is CN(C)CC1CCC(CN=C(N)c2ccc(CC(C(=O)Nc3cc4ccccc4n3S(=O)(=O)Nc3ccc4ccccc4c3)C(=O)N3CCCC3)cc2)CC1. The lowest BCUT2D eigenvalue weighted by molar-refractivity contribution is -0.139. The Bertz CT molecular complexity index is 2290. The molecule has 1 unspecified atom stereocenters. The Morgan fingerprint density at radius 3 is 2.20 bits per heavy atom. The first-order chi connectivity index (χ1) is 26.5. The fourth-order valence-corrected chi connectivity index (χ4v) is 9.36. The number of nitrogens with one attached hydrogen (secondary N) is 2. The van der Waals surface area contributed by atoms with Crippen LogP contribution in [0, 0.1) is 17.8 Å². The average molecular weight is 762 g/mol. The molecule has 2 aliphatic rings. The number of fused-ring (bicyclic) bond motifs is 2. The number of anilines is 2. The Hall–Kier alpha value is -5.20. The first-order valence-electron chi connectivity index (χ1n) is 19.3. The number of aliphatic imine (C=N–C) groups is 1. The van der Waals surface area contributed by atoms with Crippen LogP contribution in [0.3, 0.4) is 0 Å². The lowest BCUT2D eigenvalue weighted by Crippen LogP contribution is -2.41. The van der Waals surface area contributed by atoms with E-state index in [2.05, 4.69) is 29.0 Å². The normalized spacial score (nSPS) is 18.5. The summed E-state index contributed by atoms with van der Waals surface area (Å²) < 4.78 is 32.0. The second-order valence-electron chi connectivity index (χ2n) is 15.4. The highest BCUT2D eigenvalue weighted by molar-refractivity contribution is 7.91. The van der Waals surface area contributed by atoms with Crippen molar-refractivity contribution in [3.05, 3.63) is 108 Å². The first-order valence-corrected chi connectivity index (χ1v) is 20.7. The van der Waals surface area contributed by atoms with Crippen LogP contribution in [0.15, 0.2) is 102 Å². The van der Waals surface area contributed by atoms with Crippen LogP contribution in [0.1, 0.15) is 49.7 Å². The smallest absolute Gasteiger partial charge is 0.329 e. The molecule has 1 aliphatic heterocycles. The van der Waals surface area contributed by atoms with Gasteiger partial charge in [-0.05, 0) is 111 Å². The third kappa shape index (κ3) is 9.03. The van der Waals surface area contributed by atoms with Crippen molar-refractivity contribution in [2.75, 3.05) is 50.3 Å². The van der Waals surface area contributed by atoms with E-state index in [1.165, 1.54) is 12.8 Å². The summed E-state index contributed by atoms with van der Waals surface area (Å²) in [5.74, 6) is -0.123. The molecule has 1 saturated heterocycles. The van der Waals surface area contributed by atoms with E-state index in [1.54, 1.807) is 47.4 Å². The number of likely N-dealkylation sites (tertiary alicyclic amines) is 1. The van der Waals surface area contributed by atoms with Gasteiger partial charge in [-0.25, -0.2) is 3.97 Å². The Balaban J connectivity index is 1.09. The number of carbonyl (C=O) groups is 2. The molecular formula is C43H51N7O4S. The summed E-state index contributed by atoms with van der Waals surface area (Å²) in [7, 11) is -0.00201. The van der Waals surface area contributed by atoms with Crippen molar-refractivity contribution in [1.29, 1.82) is 0 Å². The average Bonchev–Trinajstić information content (AvgIpc) is 3.85. The fraction of sp³-hybridized carbons (Fsp3) is 0.372. The van der Waals surface area contributed by atoms with Crippen molar-refractivity contribution in [1.82, 2.24) is 13.8 Å². The van der Waals surface area contributed by atoms with Crippen molar-refractivity contribution in [2.24, 2.45) is 28.5 Å². The molecule has 4 N–H and O–H groups in total. The lowest BCUT2D eigenvalue weighted by Gasteiger charge is -2.29. The molecule has 7 rings (SSSR count). The van der Waals surface area contributed by atoms with Gasteiger partial charge in [-0.2, -0.15) is 8.42 Å². The fourth-order valence-electron chi connectivity index (χ4n) is 8.07. The second-order valence-corrected chi connectivity index (χ2v) is 16.9. The Labute approximate surface area is 323 Å². The Morgan fingerprint density at radius 1 is 0.836 bits per heavy atom. The van der Waals surface area contributed by atoms with Gasteiger partial charge in [-0.3, -0.25) is 19.3 Å². The highest BCUT2D eigenvalue weighted by Crippen LogP contribution is 2.31. The third-order valence-electron chi connectivity index (χ3n) is 11.0. The largest absolute Gasteiger partial charge is 0.384 e. The van der Waals surface area contributed by atoms with Gasteiger partial charge in [0, 0.05) is 37.1 Å². The highest BCUT2D eigenvalue weighted by Gasteiger charge is 2.34. The number of amides is 2. The van der Waals surface area contributed by atoms with Gasteiger partial charge in [-0.15, -0.1) is 0 Å². The molecule has 1 aliphatic carbocycles. The molecule has 0 bridgehead atoms. The number of hydrogen-bond acceptors (Lipinski definition) is 6. The van der Waals surface area contributed by atoms with Crippen molar-refractivity contribution >= 4 is 61.0 Å². The molecule has 288 valence electrons. The molecule has 5 aromatic rings. The van der Waals surface area contributed by atoms with Gasteiger partial charge < -0.3 is 20.9 Å². The molecular weight excluding hydrogens is 711 g/mol. The number of carbonyl (C=O) groups excluding carboxylic acids is 2. The topological polar surface area (TPSA) is 142 Å². The maximum Gasteiger partial charge on any atom is 0.329 e. The summed E-state index contributed by atoms with van der Waals surface area (Å²) in [5.41, 5.74) is 8.79. The van der Waals surface area contributed by atoms with E-state index in [1.807, 2.05) is 54.6 Å². The summed E-state index contributed by atoms with van der Waals surface area (Å²) in [6.45, 7) is 3.00. The molecule has 0 radical (unpaired) electrons. The van der Waals surface area contributed by atoms with Crippen molar-refractivity contribution in [3.8, 4) is 0 Å². The van der Waals surface area contributed by atoms with Gasteiger partial charge >= 0.3 is 10.2 Å². The highest BCUT2D eigenvalue weighted by atomic mass is 32.2. The Morgan fingerprint density at radius 2 is 1.49 bits per heavy atom. The maximum absolute atomic E-state index is 14.2. The number of nitrogens with two attached hydrogens (primary N) is 1. The van der Waals surface area contributed by atoms with Gasteiger partial charge in [0.1, 0.15) is 17.6 Å². The number of hydrogen-bond donors (Lipinski definition) is 3. The summed E-state index contributed by atoms with van der Waals surface area (Å²) in [6, 6.07) is 29.2. The molecule has 12 heteroatoms. The minimum absolute atomic E-state index is 0.0456. The van der Waals surface area contributed by atoms with Gasteiger partial charge in [0.05, 0.1) is 11.2 Å². The van der Waals surface area contributed by atoms with Crippen molar-refractivity contribution in [2.45, 2.75) is 44.9 Å². The van der Waals surface area contributed by atoms with Gasteiger partial charge in [-0.1, -0.05) is 72.8 Å². The molecule has 2 amide bonds. The zero-order valence-corrected chi connectivity index (χ0v) is 32.5. The van der Waals surface area contributed by atoms with E-state index in [-0.39, 0.29) is 18.1 Å². The van der Waals surface area contributed by atoms with E-state index in [9.17, 15) is 18.0 Å². The molecule has 1 saturated carbocycles. The zero-order valence-electron chi connectivity index (χ0n) is 31.7. The molecule has 55 heavy (non-hydrogen) atoms. The molecule has 1 aromatic heterocycles. The number of amidine groups is 1. The van der Waals surface area contributed by atoms with E-state index in [4.69, 9.17) is 10.7 Å². The van der Waals surface area contributed by atoms with Crippen LogP contribution in [0.2, 0.25) is 0 Å². The number of nitrogens with zero attached hydrogens (tertiary/aromatic N) is 4. The zero-order chi connectivity index (χ0) is 38.5. The van der Waals surface area contributed by atoms with Crippen LogP contribution in [0.25, 0.3) is 21.7 Å². The Kier molecular flexibility index (Phi) is 11.5. The van der Waals surface area contributed by atoms with Crippen molar-refractivity contribution < 1.29 is 18.0 Å². The summed E-state index contributed by atoms with van der Waals surface area (Å²) in [4.78, 5) is 36.9. The summed E-state index contributed by atoms with van der Waals surface area (Å²) >= 11 is 0. The number of rotatable bonds is 13. The van der Waals surface area contributed by atoms with E-state index >= 15 is 0 Å². The first kappa shape index (κ1) is 38.1. The van der Waals surface area contributed by atoms with Gasteiger partial charge in [0.25, 0.3) is 0 Å². The van der Waals surface area contributed by atoms with Crippen molar-refractivity contribution in [3.63, 3.8) is 0 Å². The van der Waals surface area contributed by atoms with Crippen LogP contribution < -0.4 is 15.8 Å². The molecule has 4 aromatic carbocycles. The third-order valence-corrected chi connectivity index (χ3v) is 12.4. The van der Waals surface area contributed by atoms with Crippen LogP contribution in [-0.2, 0) is 26.2 Å². The molecule has 1 atom stereocenters. The van der Waals surface area contributed by atoms with Gasteiger partial charge in [0.15, 0.2) is 0 Å². The minimum Gasteiger partial charge on any atom is -0.384 e. The molecule has 0 spiro atoms. The summed E-state index contributed by atoms with van der Waals surface area (Å²) in [5, 5.41) is 5.34. The second kappa shape index (κ2) is 16.7. The maximum atomic E-state index is 14.2. The molecule has 11 nitrogen and oxygen atoms in total. The van der Waals surface area contributed by atoms with E-state index in [0.29, 0.717) is 48.0 Å². The van der Waals surface area contributed by atoms with Crippen LogP contribution in [-0.4, -0.2) is 80.1 Å². The van der Waals surface area contributed by atoms with Crippen LogP contribution in [0.5, 0.6) is 0 Å². The molecule has 2 fully saturated rings. The number of aromatic nitrogens is 1. The lowest BCUT2D eigenvalue weighted by atomic mass is 9.82. The predicted octanol–water partition coefficient (Wildman–Crippen LogP) is 6.49. The van der Waals surface area contributed by atoms with Crippen LogP contribution in [0.4, 0.5) is 11.5 Å². The van der Waals surface area contributed by atoms with Crippen LogP contribution >= 0.6 is 0 Å².